The van der Waals surface area contributed by atoms with Crippen LogP contribution >= 0.6 is 0 Å². The van der Waals surface area contributed by atoms with Crippen LogP contribution in [0, 0.1) is 6.92 Å². The van der Waals surface area contributed by atoms with Crippen LogP contribution in [-0.2, 0) is 40.9 Å². The number of phenols is 1. The second-order valence-corrected chi connectivity index (χ2v) is 24.1. The molecule has 360 valence electrons. The summed E-state index contributed by atoms with van der Waals surface area (Å²) in [5.74, 6) is 2.45. The lowest BCUT2D eigenvalue weighted by atomic mass is 9.77. The maximum absolute atomic E-state index is 11.2. The Bertz CT molecular complexity index is 3540. The Balaban J connectivity index is 0.000000123. The van der Waals surface area contributed by atoms with Gasteiger partial charge in [-0.2, -0.15) is 0 Å². The van der Waals surface area contributed by atoms with Crippen LogP contribution in [0.3, 0.4) is 0 Å². The Hall–Kier alpha value is -6.66. The molecule has 9 aromatic rings. The molecule has 6 heteroatoms. The summed E-state index contributed by atoms with van der Waals surface area (Å²) in [6.45, 7) is 28.9. The minimum Gasteiger partial charge on any atom is -0.507 e. The van der Waals surface area contributed by atoms with E-state index in [1.54, 1.807) is 7.11 Å². The summed E-state index contributed by atoms with van der Waals surface area (Å²) in [7, 11) is 3.54. The first kappa shape index (κ1) is 47.0. The van der Waals surface area contributed by atoms with Crippen molar-refractivity contribution in [2.24, 2.45) is 0 Å². The maximum Gasteiger partial charge on any atom is 0.127 e. The second kappa shape index (κ2) is 16.5. The average Bonchev–Trinajstić information content (AvgIpc) is 4.13. The first-order valence-corrected chi connectivity index (χ1v) is 25.1. The van der Waals surface area contributed by atoms with Crippen molar-refractivity contribution in [3.05, 3.63) is 158 Å². The number of aromatic amines is 3. The Morgan fingerprint density at radius 1 is 0.486 bits per heavy atom. The molecule has 0 unspecified atom stereocenters. The molecule has 3 aliphatic carbocycles. The Morgan fingerprint density at radius 3 is 1.53 bits per heavy atom. The summed E-state index contributed by atoms with van der Waals surface area (Å²) in [5, 5.41) is 15.1. The van der Waals surface area contributed by atoms with Crippen molar-refractivity contribution in [2.45, 2.75) is 131 Å². The summed E-state index contributed by atoms with van der Waals surface area (Å²) in [5.41, 5.74) is 25.5. The van der Waals surface area contributed by atoms with Crippen LogP contribution < -0.4 is 9.47 Å². The number of hydrogen-bond acceptors (Lipinski definition) is 3. The van der Waals surface area contributed by atoms with Gasteiger partial charge in [0.2, 0.25) is 0 Å². The number of nitrogens with one attached hydrogen (secondary N) is 3. The normalized spacial score (nSPS) is 13.5. The van der Waals surface area contributed by atoms with Gasteiger partial charge in [-0.1, -0.05) is 150 Å². The topological polar surface area (TPSA) is 86.1 Å². The highest BCUT2D eigenvalue weighted by Gasteiger charge is 2.35. The lowest BCUT2D eigenvalue weighted by molar-refractivity contribution is 0.383. The number of aromatic hydroxyl groups is 1. The molecule has 0 saturated carbocycles. The van der Waals surface area contributed by atoms with Gasteiger partial charge < -0.3 is 29.5 Å². The van der Waals surface area contributed by atoms with Gasteiger partial charge in [0.1, 0.15) is 17.2 Å². The van der Waals surface area contributed by atoms with E-state index in [-0.39, 0.29) is 21.7 Å². The minimum absolute atomic E-state index is 0.00437. The van der Waals surface area contributed by atoms with Gasteiger partial charge in [-0.05, 0) is 97.9 Å². The van der Waals surface area contributed by atoms with Crippen molar-refractivity contribution < 1.29 is 14.6 Å². The molecule has 3 aromatic heterocycles. The summed E-state index contributed by atoms with van der Waals surface area (Å²) < 4.78 is 11.4. The minimum atomic E-state index is -0.131. The third-order valence-corrected chi connectivity index (χ3v) is 15.0. The van der Waals surface area contributed by atoms with Gasteiger partial charge in [0, 0.05) is 96.6 Å². The Labute approximate surface area is 414 Å². The molecule has 0 saturated heterocycles. The molecular weight excluding hydrogens is 859 g/mol. The number of phenolic OH excluding ortho intramolecular Hbond substituents is 1. The predicted molar refractivity (Wildman–Crippen MR) is 294 cm³/mol. The van der Waals surface area contributed by atoms with E-state index in [4.69, 9.17) is 9.47 Å². The van der Waals surface area contributed by atoms with E-state index in [1.165, 1.54) is 111 Å². The molecule has 6 aromatic carbocycles. The molecule has 0 spiro atoms. The highest BCUT2D eigenvalue weighted by molar-refractivity contribution is 6.02. The van der Waals surface area contributed by atoms with Crippen molar-refractivity contribution in [1.82, 2.24) is 15.0 Å². The number of hydrogen-bond donors (Lipinski definition) is 4. The fraction of sp³-hybridized carbons (Fsp3) is 0.344. The lowest BCUT2D eigenvalue weighted by Crippen LogP contribution is -2.19. The lowest BCUT2D eigenvalue weighted by Gasteiger charge is -2.30. The molecule has 0 aliphatic heterocycles. The molecule has 0 atom stereocenters. The SMILES string of the molecule is CC(C)(C)c1cc2[nH]c3c(c2c(C(C)(C)C)c1O)Cc1ccccc1-3.COc1c(C(C)(C)C)cc2[nH]c3c(c2c1C(C)(C)C)Cc1ccccc1-3.COc1cc(C)c2c(c1)-c1c([nH]c3ccccc13)C2. The third-order valence-electron chi connectivity index (χ3n) is 15.0. The van der Waals surface area contributed by atoms with E-state index in [0.717, 1.165) is 47.4 Å². The van der Waals surface area contributed by atoms with Crippen LogP contribution in [0.4, 0.5) is 0 Å². The fourth-order valence-corrected chi connectivity index (χ4v) is 11.8. The second-order valence-electron chi connectivity index (χ2n) is 24.1. The molecule has 12 rings (SSSR count). The molecule has 4 N–H and O–H groups in total. The molecule has 0 bridgehead atoms. The molecule has 3 aliphatic rings. The van der Waals surface area contributed by atoms with E-state index < -0.39 is 0 Å². The van der Waals surface area contributed by atoms with Crippen LogP contribution in [0.25, 0.3) is 66.4 Å². The molecular formula is C64H71N3O3. The van der Waals surface area contributed by atoms with E-state index in [0.29, 0.717) is 5.75 Å². The monoisotopic (exact) mass is 930 g/mol. The van der Waals surface area contributed by atoms with Gasteiger partial charge in [-0.3, -0.25) is 0 Å². The number of aryl methyl sites for hydroxylation is 1. The number of aromatic nitrogens is 3. The molecule has 0 radical (unpaired) electrons. The smallest absolute Gasteiger partial charge is 0.127 e. The van der Waals surface area contributed by atoms with Crippen LogP contribution in [0.1, 0.15) is 144 Å². The first-order chi connectivity index (χ1) is 33.0. The number of rotatable bonds is 2. The highest BCUT2D eigenvalue weighted by atomic mass is 16.5. The quantitative estimate of drug-likeness (QED) is 0.139. The van der Waals surface area contributed by atoms with Crippen LogP contribution in [0.15, 0.2) is 97.1 Å². The van der Waals surface area contributed by atoms with Crippen LogP contribution in [0.2, 0.25) is 0 Å². The molecule has 0 fully saturated rings. The summed E-state index contributed by atoms with van der Waals surface area (Å²) >= 11 is 0. The standard InChI is InChI=1S/C24H29NO.C23H27NO.C17H15NO/c1-23(2,3)17-13-18-19(20(22(17)26-7)24(4,5)6)16-12-14-10-8-9-11-15(14)21(16)25-18;1-22(2,3)16-12-17-18(19(21(16)25)23(4,5)6)15-11-13-9-7-8-10-14(13)20(15)24-17;1-10-7-11(19-2)8-14-13(10)9-16-17(14)12-5-3-4-6-15(12)18-16/h8-11,13,25H,12H2,1-7H3;7-10,12,24-25H,11H2,1-6H3;3-8,18H,9H2,1-2H3. The zero-order chi connectivity index (χ0) is 50.0. The Morgan fingerprint density at radius 2 is 1.00 bits per heavy atom. The third kappa shape index (κ3) is 7.70. The van der Waals surface area contributed by atoms with E-state index >= 15 is 0 Å². The number of H-pyrrole nitrogens is 3. The zero-order valence-electron chi connectivity index (χ0n) is 44.1. The zero-order valence-corrected chi connectivity index (χ0v) is 44.1. The molecule has 0 amide bonds. The van der Waals surface area contributed by atoms with Gasteiger partial charge in [0.25, 0.3) is 0 Å². The summed E-state index contributed by atoms with van der Waals surface area (Å²) in [6, 6.07) is 34.6. The molecule has 6 nitrogen and oxygen atoms in total. The van der Waals surface area contributed by atoms with Crippen LogP contribution in [-0.4, -0.2) is 34.3 Å². The molecule has 3 heterocycles. The Kier molecular flexibility index (Phi) is 11.1. The van der Waals surface area contributed by atoms with Gasteiger partial charge in [0.15, 0.2) is 0 Å². The summed E-state index contributed by atoms with van der Waals surface area (Å²) in [6.07, 6.45) is 2.92. The van der Waals surface area contributed by atoms with Crippen molar-refractivity contribution in [3.63, 3.8) is 0 Å². The van der Waals surface area contributed by atoms with Gasteiger partial charge in [-0.15, -0.1) is 0 Å². The number of para-hydroxylation sites is 1. The number of benzene rings is 6. The molecule has 70 heavy (non-hydrogen) atoms. The van der Waals surface area contributed by atoms with Crippen molar-refractivity contribution in [3.8, 4) is 50.9 Å². The highest BCUT2D eigenvalue weighted by Crippen LogP contribution is 2.52. The van der Waals surface area contributed by atoms with Crippen LogP contribution in [0.5, 0.6) is 17.2 Å². The predicted octanol–water partition coefficient (Wildman–Crippen LogP) is 16.4. The van der Waals surface area contributed by atoms with Crippen molar-refractivity contribution in [1.29, 1.82) is 0 Å². The number of fused-ring (bicyclic) bond motifs is 15. The van der Waals surface area contributed by atoms with Crippen molar-refractivity contribution in [2.75, 3.05) is 14.2 Å². The average molecular weight is 930 g/mol. The summed E-state index contributed by atoms with van der Waals surface area (Å²) in [4.78, 5) is 11.0. The number of methoxy groups -OCH3 is 2. The first-order valence-electron chi connectivity index (χ1n) is 25.1. The van der Waals surface area contributed by atoms with Crippen molar-refractivity contribution >= 4 is 32.7 Å². The fourth-order valence-electron chi connectivity index (χ4n) is 11.8. The van der Waals surface area contributed by atoms with Gasteiger partial charge in [0.05, 0.1) is 25.6 Å². The van der Waals surface area contributed by atoms with Gasteiger partial charge in [-0.25, -0.2) is 0 Å². The van der Waals surface area contributed by atoms with E-state index in [9.17, 15) is 5.11 Å². The van der Waals surface area contributed by atoms with Gasteiger partial charge >= 0.3 is 0 Å². The maximum atomic E-state index is 11.2. The van der Waals surface area contributed by atoms with E-state index in [2.05, 4.69) is 202 Å². The largest absolute Gasteiger partial charge is 0.507 e. The number of ether oxygens (including phenoxy) is 2. The van der Waals surface area contributed by atoms with E-state index in [1.807, 2.05) is 7.11 Å².